The van der Waals surface area contributed by atoms with Crippen LogP contribution in [0.5, 0.6) is 11.5 Å². The van der Waals surface area contributed by atoms with Gasteiger partial charge in [0.15, 0.2) is 0 Å². The van der Waals surface area contributed by atoms with Gasteiger partial charge in [0.25, 0.3) is 5.91 Å². The molecule has 1 aliphatic rings. The van der Waals surface area contributed by atoms with Crippen molar-refractivity contribution >= 4 is 33.2 Å². The van der Waals surface area contributed by atoms with E-state index in [0.29, 0.717) is 36.9 Å². The van der Waals surface area contributed by atoms with E-state index in [1.165, 1.54) is 22.5 Å². The Morgan fingerprint density at radius 3 is 2.58 bits per heavy atom. The van der Waals surface area contributed by atoms with E-state index in [1.54, 1.807) is 19.9 Å². The minimum Gasteiger partial charge on any atom is -0.492 e. The van der Waals surface area contributed by atoms with Crippen LogP contribution < -0.4 is 14.8 Å². The quantitative estimate of drug-likeness (QED) is 0.625. The van der Waals surface area contributed by atoms with Gasteiger partial charge in [-0.3, -0.25) is 4.79 Å². The summed E-state index contributed by atoms with van der Waals surface area (Å²) in [7, 11) is -3.73. The summed E-state index contributed by atoms with van der Waals surface area (Å²) in [6.45, 7) is 8.43. The van der Waals surface area contributed by atoms with Gasteiger partial charge in [-0.25, -0.2) is 8.42 Å². The second-order valence-electron chi connectivity index (χ2n) is 7.21. The standard InChI is InChI=1S/C22H27ClN2O5S/c1-5-25(6-2)31(27,28)16-8-9-18(23)17(12-16)22(26)24-19-13-20-15(10-14(4)30-20)11-21(19)29-7-3/h8-9,11-14H,5-7,10H2,1-4H3,(H,24,26)/t14-/m1/s1. The molecule has 1 N–H and O–H groups in total. The van der Waals surface area contributed by atoms with Crippen molar-refractivity contribution in [3.8, 4) is 11.5 Å². The molecule has 7 nitrogen and oxygen atoms in total. The van der Waals surface area contributed by atoms with Gasteiger partial charge in [0.1, 0.15) is 17.6 Å². The van der Waals surface area contributed by atoms with E-state index in [4.69, 9.17) is 21.1 Å². The van der Waals surface area contributed by atoms with Crippen molar-refractivity contribution in [3.63, 3.8) is 0 Å². The zero-order valence-electron chi connectivity index (χ0n) is 18.1. The van der Waals surface area contributed by atoms with E-state index in [1.807, 2.05) is 19.9 Å². The van der Waals surface area contributed by atoms with Crippen molar-refractivity contribution in [1.82, 2.24) is 4.31 Å². The number of hydrogen-bond donors (Lipinski definition) is 1. The van der Waals surface area contributed by atoms with Gasteiger partial charge in [0.05, 0.1) is 27.8 Å². The van der Waals surface area contributed by atoms with Gasteiger partial charge >= 0.3 is 0 Å². The second-order valence-corrected chi connectivity index (χ2v) is 9.55. The molecular formula is C22H27ClN2O5S. The Labute approximate surface area is 188 Å². The molecule has 0 saturated carbocycles. The second kappa shape index (κ2) is 9.46. The monoisotopic (exact) mass is 466 g/mol. The smallest absolute Gasteiger partial charge is 0.257 e. The third kappa shape index (κ3) is 4.81. The first-order valence-corrected chi connectivity index (χ1v) is 12.1. The number of nitrogens with zero attached hydrogens (tertiary/aromatic N) is 1. The van der Waals surface area contributed by atoms with Crippen LogP contribution in [0, 0.1) is 0 Å². The summed E-state index contributed by atoms with van der Waals surface area (Å²) in [5.41, 5.74) is 1.51. The van der Waals surface area contributed by atoms with Crippen LogP contribution in [-0.4, -0.2) is 44.4 Å². The molecule has 0 bridgehead atoms. The normalized spacial score (nSPS) is 15.5. The van der Waals surface area contributed by atoms with E-state index < -0.39 is 15.9 Å². The van der Waals surface area contributed by atoms with Crippen LogP contribution in [0.1, 0.15) is 43.6 Å². The number of halogens is 1. The molecule has 0 aromatic heterocycles. The molecule has 1 atom stereocenters. The number of anilines is 1. The van der Waals surface area contributed by atoms with Crippen molar-refractivity contribution in [2.75, 3.05) is 25.0 Å². The maximum absolute atomic E-state index is 13.0. The molecule has 0 radical (unpaired) electrons. The number of carbonyl (C=O) groups excluding carboxylic acids is 1. The van der Waals surface area contributed by atoms with Crippen molar-refractivity contribution in [3.05, 3.63) is 46.5 Å². The van der Waals surface area contributed by atoms with E-state index in [-0.39, 0.29) is 21.6 Å². The predicted molar refractivity (Wildman–Crippen MR) is 121 cm³/mol. The maximum Gasteiger partial charge on any atom is 0.257 e. The first-order valence-electron chi connectivity index (χ1n) is 10.3. The molecule has 0 fully saturated rings. The minimum atomic E-state index is -3.73. The van der Waals surface area contributed by atoms with E-state index >= 15 is 0 Å². The summed E-state index contributed by atoms with van der Waals surface area (Å²) < 4.78 is 38.5. The number of benzene rings is 2. The SMILES string of the molecule is CCOc1cc2c(cc1NC(=O)c1cc(S(=O)(=O)N(CC)CC)ccc1Cl)O[C@H](C)C2. The molecule has 1 aliphatic heterocycles. The Bertz CT molecular complexity index is 1080. The largest absolute Gasteiger partial charge is 0.492 e. The van der Waals surface area contributed by atoms with Crippen LogP contribution in [0.25, 0.3) is 0 Å². The fourth-order valence-corrected chi connectivity index (χ4v) is 5.24. The third-order valence-corrected chi connectivity index (χ3v) is 7.45. The molecule has 0 aliphatic carbocycles. The fraction of sp³-hybridized carbons (Fsp3) is 0.409. The van der Waals surface area contributed by atoms with Crippen LogP contribution >= 0.6 is 11.6 Å². The van der Waals surface area contributed by atoms with Gasteiger partial charge < -0.3 is 14.8 Å². The van der Waals surface area contributed by atoms with Crippen LogP contribution in [0.3, 0.4) is 0 Å². The van der Waals surface area contributed by atoms with Gasteiger partial charge in [0, 0.05) is 31.1 Å². The minimum absolute atomic E-state index is 0.0156. The molecule has 1 heterocycles. The van der Waals surface area contributed by atoms with Crippen molar-refractivity contribution < 1.29 is 22.7 Å². The van der Waals surface area contributed by atoms with Crippen LogP contribution in [0.4, 0.5) is 5.69 Å². The molecule has 2 aromatic rings. The molecule has 3 rings (SSSR count). The lowest BCUT2D eigenvalue weighted by Crippen LogP contribution is -2.30. The first-order chi connectivity index (χ1) is 14.7. The molecule has 0 saturated heterocycles. The number of ether oxygens (including phenoxy) is 2. The van der Waals surface area contributed by atoms with E-state index in [9.17, 15) is 13.2 Å². The summed E-state index contributed by atoms with van der Waals surface area (Å²) in [6.07, 6.45) is 0.813. The number of nitrogens with one attached hydrogen (secondary N) is 1. The summed E-state index contributed by atoms with van der Waals surface area (Å²) in [6, 6.07) is 7.72. The molecule has 1 amide bonds. The fourth-order valence-electron chi connectivity index (χ4n) is 3.55. The zero-order valence-corrected chi connectivity index (χ0v) is 19.6. The topological polar surface area (TPSA) is 84.9 Å². The highest BCUT2D eigenvalue weighted by atomic mass is 35.5. The highest BCUT2D eigenvalue weighted by Gasteiger charge is 2.26. The van der Waals surface area contributed by atoms with Crippen molar-refractivity contribution in [1.29, 1.82) is 0 Å². The molecule has 0 spiro atoms. The van der Waals surface area contributed by atoms with Crippen LogP contribution in [0.15, 0.2) is 35.2 Å². The number of amides is 1. The molecule has 9 heteroatoms. The highest BCUT2D eigenvalue weighted by molar-refractivity contribution is 7.89. The lowest BCUT2D eigenvalue weighted by atomic mass is 10.1. The van der Waals surface area contributed by atoms with Crippen LogP contribution in [0.2, 0.25) is 5.02 Å². The Morgan fingerprint density at radius 1 is 1.23 bits per heavy atom. The lowest BCUT2D eigenvalue weighted by molar-refractivity contribution is 0.102. The molecule has 31 heavy (non-hydrogen) atoms. The molecule has 2 aromatic carbocycles. The Hall–Kier alpha value is -2.29. The van der Waals surface area contributed by atoms with E-state index in [2.05, 4.69) is 5.32 Å². The Morgan fingerprint density at radius 2 is 1.94 bits per heavy atom. The molecule has 168 valence electrons. The van der Waals surface area contributed by atoms with Gasteiger partial charge in [-0.1, -0.05) is 25.4 Å². The first kappa shape index (κ1) is 23.4. The number of fused-ring (bicyclic) bond motifs is 1. The third-order valence-electron chi connectivity index (χ3n) is 5.07. The highest BCUT2D eigenvalue weighted by Crippen LogP contribution is 2.38. The summed E-state index contributed by atoms with van der Waals surface area (Å²) in [5.74, 6) is 0.680. The summed E-state index contributed by atoms with van der Waals surface area (Å²) in [5, 5.41) is 2.95. The van der Waals surface area contributed by atoms with Crippen LogP contribution in [-0.2, 0) is 16.4 Å². The van der Waals surface area contributed by atoms with Crippen molar-refractivity contribution in [2.45, 2.75) is 45.1 Å². The summed E-state index contributed by atoms with van der Waals surface area (Å²) in [4.78, 5) is 13.1. The average Bonchev–Trinajstić information content (AvgIpc) is 3.08. The maximum atomic E-state index is 13.0. The van der Waals surface area contributed by atoms with Crippen molar-refractivity contribution in [2.24, 2.45) is 0 Å². The number of rotatable bonds is 8. The van der Waals surface area contributed by atoms with Gasteiger partial charge in [0.2, 0.25) is 10.0 Å². The van der Waals surface area contributed by atoms with Gasteiger partial charge in [-0.15, -0.1) is 0 Å². The summed E-state index contributed by atoms with van der Waals surface area (Å²) >= 11 is 6.24. The zero-order chi connectivity index (χ0) is 22.8. The Balaban J connectivity index is 1.95. The molecule has 0 unspecified atom stereocenters. The number of hydrogen-bond acceptors (Lipinski definition) is 5. The molecular weight excluding hydrogens is 440 g/mol. The average molecular weight is 467 g/mol. The number of carbonyl (C=O) groups is 1. The Kier molecular flexibility index (Phi) is 7.13. The van der Waals surface area contributed by atoms with Gasteiger partial charge in [-0.05, 0) is 38.1 Å². The van der Waals surface area contributed by atoms with E-state index in [0.717, 1.165) is 12.0 Å². The lowest BCUT2D eigenvalue weighted by Gasteiger charge is -2.19. The predicted octanol–water partition coefficient (Wildman–Crippen LogP) is 4.34. The van der Waals surface area contributed by atoms with Gasteiger partial charge in [-0.2, -0.15) is 4.31 Å². The number of sulfonamides is 1.